The summed E-state index contributed by atoms with van der Waals surface area (Å²) in [6.07, 6.45) is 56.3. The first-order valence-electron chi connectivity index (χ1n) is 24.4. The van der Waals surface area contributed by atoms with E-state index in [9.17, 15) is 28.9 Å². The third kappa shape index (κ3) is 45.1. The second-order valence-electron chi connectivity index (χ2n) is 15.5. The molecular formula is C54H85O11P. The van der Waals surface area contributed by atoms with Crippen molar-refractivity contribution in [2.75, 3.05) is 26.4 Å². The molecule has 3 atom stereocenters. The molecule has 372 valence electrons. The monoisotopic (exact) mass is 941 g/mol. The van der Waals surface area contributed by atoms with Crippen LogP contribution >= 0.6 is 7.82 Å². The number of carbonyl (C=O) groups is 3. The van der Waals surface area contributed by atoms with E-state index < -0.39 is 57.8 Å². The zero-order chi connectivity index (χ0) is 48.4. The smallest absolute Gasteiger partial charge is 0.462 e. The van der Waals surface area contributed by atoms with Gasteiger partial charge in [-0.15, -0.1) is 0 Å². The number of aliphatic hydroxyl groups excluding tert-OH is 1. The average molecular weight is 941 g/mol. The topological polar surface area (TPSA) is 155 Å². The molecule has 0 fully saturated rings. The fourth-order valence-corrected chi connectivity index (χ4v) is 6.53. The number of phosphoric ester groups is 1. The lowest BCUT2D eigenvalue weighted by Gasteiger charge is -2.21. The molecule has 0 aliphatic heterocycles. The van der Waals surface area contributed by atoms with Crippen molar-refractivity contribution in [3.63, 3.8) is 0 Å². The maximum absolute atomic E-state index is 12.8. The lowest BCUT2D eigenvalue weighted by atomic mass is 10.1. The van der Waals surface area contributed by atoms with Gasteiger partial charge in [0.15, 0.2) is 6.10 Å². The van der Waals surface area contributed by atoms with Gasteiger partial charge in [-0.2, -0.15) is 0 Å². The molecule has 0 amide bonds. The van der Waals surface area contributed by atoms with Crippen molar-refractivity contribution in [3.8, 4) is 0 Å². The first-order chi connectivity index (χ1) is 32.2. The Morgan fingerprint density at radius 1 is 0.424 bits per heavy atom. The van der Waals surface area contributed by atoms with Crippen molar-refractivity contribution in [1.29, 1.82) is 0 Å². The van der Waals surface area contributed by atoms with Crippen LogP contribution < -0.4 is 0 Å². The Kier molecular flexibility index (Phi) is 44.4. The normalized spacial score (nSPS) is 14.6. The number of hydrogen-bond donors (Lipinski definition) is 2. The summed E-state index contributed by atoms with van der Waals surface area (Å²) in [7, 11) is -4.78. The van der Waals surface area contributed by atoms with Crippen LogP contribution in [0.1, 0.15) is 162 Å². The van der Waals surface area contributed by atoms with Crippen LogP contribution in [0.15, 0.2) is 122 Å². The van der Waals surface area contributed by atoms with Crippen LogP contribution in [0.2, 0.25) is 0 Å². The molecular weight excluding hydrogens is 856 g/mol. The molecule has 0 saturated heterocycles. The van der Waals surface area contributed by atoms with Gasteiger partial charge in [0, 0.05) is 19.3 Å². The van der Waals surface area contributed by atoms with Gasteiger partial charge in [0.05, 0.1) is 19.8 Å². The zero-order valence-corrected chi connectivity index (χ0v) is 41.5. The van der Waals surface area contributed by atoms with Gasteiger partial charge < -0.3 is 24.2 Å². The number of carbonyl (C=O) groups excluding carboxylic acids is 3. The summed E-state index contributed by atoms with van der Waals surface area (Å²) in [6.45, 7) is 4.09. The highest BCUT2D eigenvalue weighted by Crippen LogP contribution is 2.43. The Labute approximate surface area is 398 Å². The predicted octanol–water partition coefficient (Wildman–Crippen LogP) is 13.7. The molecule has 0 heterocycles. The van der Waals surface area contributed by atoms with E-state index >= 15 is 0 Å². The van der Waals surface area contributed by atoms with Gasteiger partial charge in [0.1, 0.15) is 12.7 Å². The van der Waals surface area contributed by atoms with E-state index in [2.05, 4.69) is 124 Å². The summed E-state index contributed by atoms with van der Waals surface area (Å²) in [5.41, 5.74) is 0. The Morgan fingerprint density at radius 2 is 0.773 bits per heavy atom. The highest BCUT2D eigenvalue weighted by Gasteiger charge is 2.28. The molecule has 3 unspecified atom stereocenters. The first kappa shape index (κ1) is 61.9. The summed E-state index contributed by atoms with van der Waals surface area (Å²) in [5.74, 6) is -1.65. The number of esters is 3. The first-order valence-corrected chi connectivity index (χ1v) is 25.9. The standard InChI is InChI=1S/C54H85O11P/c1-4-7-10-13-16-19-22-25-28-31-34-37-40-43-52(56)61-47-51(65-54(58)45-42-39-36-33-30-27-24-21-18-15-12-9-6-3)49-63-66(59,60)62-48-50(46-55)64-53(57)44-41-38-35-32-29-26-23-20-17-14-11-8-5-2/h7-12,16-21,25-30,36,39,50-51,55H,4-6,13-15,22-24,31-35,37-38,40-49H2,1-3H3,(H,59,60)/b10-7-,11-8-,12-9-,19-16-,20-17-,21-18-,28-25-,29-26-,30-27-,39-36-. The number of hydrogen-bond acceptors (Lipinski definition) is 10. The maximum atomic E-state index is 12.8. The second-order valence-corrected chi connectivity index (χ2v) is 16.9. The second kappa shape index (κ2) is 47.4. The highest BCUT2D eigenvalue weighted by molar-refractivity contribution is 7.47. The van der Waals surface area contributed by atoms with Gasteiger partial charge in [-0.3, -0.25) is 23.4 Å². The minimum Gasteiger partial charge on any atom is -0.462 e. The summed E-state index contributed by atoms with van der Waals surface area (Å²) in [4.78, 5) is 48.1. The fourth-order valence-electron chi connectivity index (χ4n) is 5.75. The number of aliphatic hydroxyl groups is 1. The lowest BCUT2D eigenvalue weighted by Crippen LogP contribution is -2.30. The SMILES string of the molecule is CC/C=C\C/C=C\C/C=C\C/C=C\CCC(=O)OC(COC(=O)CCCCC/C=C\C/C=C\C/C=C\CC)COP(=O)(O)OCC(CO)OC(=O)CCCCC/C=C\C/C=C\C/C=C\CC. The number of unbranched alkanes of at least 4 members (excludes halogenated alkanes) is 6. The molecule has 0 saturated carbocycles. The van der Waals surface area contributed by atoms with E-state index in [1.54, 1.807) is 0 Å². The Bertz CT molecular complexity index is 1570. The summed E-state index contributed by atoms with van der Waals surface area (Å²) in [5, 5.41) is 9.75. The van der Waals surface area contributed by atoms with Crippen LogP contribution in [-0.2, 0) is 42.2 Å². The van der Waals surface area contributed by atoms with Crippen molar-refractivity contribution in [3.05, 3.63) is 122 Å². The van der Waals surface area contributed by atoms with Crippen molar-refractivity contribution in [2.45, 2.75) is 174 Å². The summed E-state index contributed by atoms with van der Waals surface area (Å²) >= 11 is 0. The van der Waals surface area contributed by atoms with Crippen LogP contribution in [0.5, 0.6) is 0 Å². The van der Waals surface area contributed by atoms with Gasteiger partial charge in [0.25, 0.3) is 0 Å². The third-order valence-corrected chi connectivity index (χ3v) is 10.3. The van der Waals surface area contributed by atoms with Crippen LogP contribution in [0, 0.1) is 0 Å². The van der Waals surface area contributed by atoms with E-state index in [1.165, 1.54) is 0 Å². The van der Waals surface area contributed by atoms with E-state index in [0.29, 0.717) is 25.7 Å². The van der Waals surface area contributed by atoms with Crippen LogP contribution in [0.4, 0.5) is 0 Å². The third-order valence-electron chi connectivity index (χ3n) is 9.37. The average Bonchev–Trinajstić information content (AvgIpc) is 3.30. The number of allylic oxidation sites excluding steroid dienone is 20. The molecule has 11 nitrogen and oxygen atoms in total. The van der Waals surface area contributed by atoms with Gasteiger partial charge in [-0.05, 0) is 109 Å². The van der Waals surface area contributed by atoms with Crippen molar-refractivity contribution >= 4 is 25.7 Å². The minimum atomic E-state index is -4.78. The Morgan fingerprint density at radius 3 is 1.20 bits per heavy atom. The van der Waals surface area contributed by atoms with Crippen LogP contribution in [0.3, 0.4) is 0 Å². The molecule has 0 aromatic heterocycles. The molecule has 2 N–H and O–H groups in total. The Hall–Kier alpha value is -4.12. The van der Waals surface area contributed by atoms with Gasteiger partial charge in [0.2, 0.25) is 0 Å². The maximum Gasteiger partial charge on any atom is 0.472 e. The quantitative estimate of drug-likeness (QED) is 0.0197. The molecule has 0 aliphatic carbocycles. The molecule has 0 bridgehead atoms. The molecule has 0 spiro atoms. The largest absolute Gasteiger partial charge is 0.472 e. The van der Waals surface area contributed by atoms with Crippen LogP contribution in [0.25, 0.3) is 0 Å². The van der Waals surface area contributed by atoms with E-state index in [-0.39, 0.29) is 25.9 Å². The number of phosphoric acid groups is 1. The van der Waals surface area contributed by atoms with Crippen molar-refractivity contribution < 1.29 is 52.2 Å². The highest BCUT2D eigenvalue weighted by atomic mass is 31.2. The summed E-state index contributed by atoms with van der Waals surface area (Å²) in [6, 6.07) is 0. The van der Waals surface area contributed by atoms with Gasteiger partial charge in [-0.25, -0.2) is 4.57 Å². The van der Waals surface area contributed by atoms with Crippen molar-refractivity contribution in [2.24, 2.45) is 0 Å². The van der Waals surface area contributed by atoms with Gasteiger partial charge in [-0.1, -0.05) is 155 Å². The van der Waals surface area contributed by atoms with Crippen molar-refractivity contribution in [1.82, 2.24) is 0 Å². The summed E-state index contributed by atoms with van der Waals surface area (Å²) < 4.78 is 39.1. The number of rotatable bonds is 43. The fraction of sp³-hybridized carbons (Fsp3) is 0.574. The molecule has 0 aromatic carbocycles. The predicted molar refractivity (Wildman–Crippen MR) is 270 cm³/mol. The molecule has 0 aliphatic rings. The van der Waals surface area contributed by atoms with E-state index in [0.717, 1.165) is 96.3 Å². The Balaban J connectivity index is 4.92. The molecule has 12 heteroatoms. The molecule has 0 rings (SSSR count). The zero-order valence-electron chi connectivity index (χ0n) is 40.6. The van der Waals surface area contributed by atoms with E-state index in [1.807, 2.05) is 18.2 Å². The van der Waals surface area contributed by atoms with E-state index in [4.69, 9.17) is 23.3 Å². The lowest BCUT2D eigenvalue weighted by molar-refractivity contribution is -0.161. The molecule has 0 aromatic rings. The van der Waals surface area contributed by atoms with Gasteiger partial charge >= 0.3 is 25.7 Å². The molecule has 0 radical (unpaired) electrons. The van der Waals surface area contributed by atoms with Crippen LogP contribution in [-0.4, -0.2) is 66.5 Å². The number of ether oxygens (including phenoxy) is 3. The molecule has 66 heavy (non-hydrogen) atoms. The minimum absolute atomic E-state index is 0.0308.